The first-order valence-corrected chi connectivity index (χ1v) is 6.11. The fourth-order valence-corrected chi connectivity index (χ4v) is 1.97. The Bertz CT molecular complexity index is 391. The van der Waals surface area contributed by atoms with Gasteiger partial charge in [0.1, 0.15) is 11.5 Å². The third kappa shape index (κ3) is 3.35. The second-order valence-corrected chi connectivity index (χ2v) is 4.44. The van der Waals surface area contributed by atoms with Gasteiger partial charge < -0.3 is 25.0 Å². The summed E-state index contributed by atoms with van der Waals surface area (Å²) in [4.78, 5) is 0. The minimum absolute atomic E-state index is 0.0175. The van der Waals surface area contributed by atoms with Crippen LogP contribution >= 0.6 is 0 Å². The first kappa shape index (κ1) is 13.1. The van der Waals surface area contributed by atoms with Crippen molar-refractivity contribution in [3.05, 3.63) is 23.8 Å². The number of aromatic hydroxyl groups is 2. The van der Waals surface area contributed by atoms with Crippen molar-refractivity contribution >= 4 is 0 Å². The van der Waals surface area contributed by atoms with Crippen molar-refractivity contribution in [1.82, 2.24) is 5.32 Å². The van der Waals surface area contributed by atoms with E-state index in [1.165, 1.54) is 6.07 Å². The molecule has 1 saturated heterocycles. The van der Waals surface area contributed by atoms with Gasteiger partial charge in [0.25, 0.3) is 0 Å². The maximum absolute atomic E-state index is 9.74. The third-order valence-corrected chi connectivity index (χ3v) is 3.02. The molecule has 2 rings (SSSR count). The lowest BCUT2D eigenvalue weighted by atomic mass is 10.1. The highest BCUT2D eigenvalue weighted by atomic mass is 16.6. The van der Waals surface area contributed by atoms with E-state index in [4.69, 9.17) is 9.47 Å². The normalized spacial score (nSPS) is 21.7. The lowest BCUT2D eigenvalue weighted by molar-refractivity contribution is -0.0869. The van der Waals surface area contributed by atoms with Gasteiger partial charge in [-0.15, -0.1) is 0 Å². The Kier molecular flexibility index (Phi) is 4.41. The predicted octanol–water partition coefficient (Wildman–Crippen LogP) is 1.16. The molecule has 18 heavy (non-hydrogen) atoms. The smallest absolute Gasteiger partial charge is 0.124 e. The van der Waals surface area contributed by atoms with Gasteiger partial charge in [-0.1, -0.05) is 6.07 Å². The lowest BCUT2D eigenvalue weighted by Crippen LogP contribution is -2.38. The van der Waals surface area contributed by atoms with Crippen molar-refractivity contribution in [2.24, 2.45) is 0 Å². The molecule has 1 aliphatic heterocycles. The van der Waals surface area contributed by atoms with E-state index in [9.17, 15) is 10.2 Å². The number of nitrogens with one attached hydrogen (secondary N) is 1. The zero-order valence-electron chi connectivity index (χ0n) is 10.4. The van der Waals surface area contributed by atoms with Gasteiger partial charge in [-0.3, -0.25) is 0 Å². The van der Waals surface area contributed by atoms with E-state index in [1.807, 2.05) is 6.92 Å². The van der Waals surface area contributed by atoms with E-state index in [0.717, 1.165) is 5.56 Å². The van der Waals surface area contributed by atoms with Crippen LogP contribution in [0.4, 0.5) is 0 Å². The number of ether oxygens (including phenoxy) is 2. The molecule has 1 heterocycles. The van der Waals surface area contributed by atoms with E-state index in [1.54, 1.807) is 12.1 Å². The summed E-state index contributed by atoms with van der Waals surface area (Å²) in [6.45, 7) is 4.51. The van der Waals surface area contributed by atoms with Gasteiger partial charge in [-0.2, -0.15) is 0 Å². The van der Waals surface area contributed by atoms with Crippen molar-refractivity contribution < 1.29 is 19.7 Å². The van der Waals surface area contributed by atoms with E-state index < -0.39 is 0 Å². The summed E-state index contributed by atoms with van der Waals surface area (Å²) in [5.74, 6) is 0.156. The molecule has 1 aromatic carbocycles. The molecule has 2 unspecified atom stereocenters. The van der Waals surface area contributed by atoms with Crippen LogP contribution in [0.3, 0.4) is 0 Å². The first-order chi connectivity index (χ1) is 8.66. The van der Waals surface area contributed by atoms with E-state index >= 15 is 0 Å². The third-order valence-electron chi connectivity index (χ3n) is 3.02. The monoisotopic (exact) mass is 253 g/mol. The first-order valence-electron chi connectivity index (χ1n) is 6.11. The minimum atomic E-state index is -0.0175. The van der Waals surface area contributed by atoms with Gasteiger partial charge in [0, 0.05) is 24.2 Å². The number of rotatable bonds is 4. The van der Waals surface area contributed by atoms with Crippen LogP contribution in [0, 0.1) is 0 Å². The Labute approximate surface area is 106 Å². The molecule has 1 aromatic rings. The molecule has 5 heteroatoms. The maximum atomic E-state index is 9.74. The summed E-state index contributed by atoms with van der Waals surface area (Å²) in [7, 11) is 0. The fourth-order valence-electron chi connectivity index (χ4n) is 1.97. The van der Waals surface area contributed by atoms with Crippen LogP contribution in [0.15, 0.2) is 18.2 Å². The van der Waals surface area contributed by atoms with Crippen molar-refractivity contribution in [3.8, 4) is 11.5 Å². The van der Waals surface area contributed by atoms with Gasteiger partial charge in [0.05, 0.1) is 25.9 Å². The van der Waals surface area contributed by atoms with Crippen LogP contribution in [0.25, 0.3) is 0 Å². The fraction of sp³-hybridized carbons (Fsp3) is 0.538. The Morgan fingerprint density at radius 2 is 2.22 bits per heavy atom. The Balaban J connectivity index is 1.88. The van der Waals surface area contributed by atoms with Crippen LogP contribution < -0.4 is 5.32 Å². The number of hydrogen-bond donors (Lipinski definition) is 3. The minimum Gasteiger partial charge on any atom is -0.508 e. The average Bonchev–Trinajstić information content (AvgIpc) is 2.37. The maximum Gasteiger partial charge on any atom is 0.124 e. The Hall–Kier alpha value is -1.30. The molecule has 0 saturated carbocycles. The highest BCUT2D eigenvalue weighted by Gasteiger charge is 2.16. The topological polar surface area (TPSA) is 71.0 Å². The molecule has 0 spiro atoms. The van der Waals surface area contributed by atoms with Crippen molar-refractivity contribution in [1.29, 1.82) is 0 Å². The molecule has 3 N–H and O–H groups in total. The van der Waals surface area contributed by atoms with Gasteiger partial charge in [0.2, 0.25) is 0 Å². The largest absolute Gasteiger partial charge is 0.508 e. The van der Waals surface area contributed by atoms with E-state index in [-0.39, 0.29) is 23.6 Å². The molecule has 5 nitrogen and oxygen atoms in total. The summed E-state index contributed by atoms with van der Waals surface area (Å²) in [6, 6.07) is 4.60. The van der Waals surface area contributed by atoms with Crippen LogP contribution in [-0.2, 0) is 9.47 Å². The van der Waals surface area contributed by atoms with Crippen molar-refractivity contribution in [2.75, 3.05) is 26.4 Å². The second-order valence-electron chi connectivity index (χ2n) is 4.44. The van der Waals surface area contributed by atoms with Gasteiger partial charge in [-0.05, 0) is 13.0 Å². The molecule has 0 radical (unpaired) electrons. The number of phenols is 2. The van der Waals surface area contributed by atoms with E-state index in [0.29, 0.717) is 26.4 Å². The molecule has 1 fully saturated rings. The average molecular weight is 253 g/mol. The van der Waals surface area contributed by atoms with Crippen LogP contribution in [0.5, 0.6) is 11.5 Å². The molecule has 100 valence electrons. The quantitative estimate of drug-likeness (QED) is 0.751. The molecule has 0 amide bonds. The summed E-state index contributed by atoms with van der Waals surface area (Å²) >= 11 is 0. The summed E-state index contributed by atoms with van der Waals surface area (Å²) in [5.41, 5.74) is 0.754. The molecular weight excluding hydrogens is 234 g/mol. The standard InChI is InChI=1S/C13H19NO4/c1-9(12-3-2-10(15)6-13(12)16)14-7-11-8-17-4-5-18-11/h2-3,6,9,11,14-16H,4-5,7-8H2,1H3. The number of hydrogen-bond acceptors (Lipinski definition) is 5. The summed E-state index contributed by atoms with van der Waals surface area (Å²) in [5, 5.41) is 22.3. The highest BCUT2D eigenvalue weighted by Crippen LogP contribution is 2.27. The highest BCUT2D eigenvalue weighted by molar-refractivity contribution is 5.40. The van der Waals surface area contributed by atoms with Crippen LogP contribution in [0.2, 0.25) is 0 Å². The lowest BCUT2D eigenvalue weighted by Gasteiger charge is -2.25. The SMILES string of the molecule is CC(NCC1COCCO1)c1ccc(O)cc1O. The number of benzene rings is 1. The van der Waals surface area contributed by atoms with E-state index in [2.05, 4.69) is 5.32 Å². The predicted molar refractivity (Wildman–Crippen MR) is 66.7 cm³/mol. The number of phenolic OH excluding ortho intramolecular Hbond substituents is 2. The zero-order chi connectivity index (χ0) is 13.0. The molecule has 0 bridgehead atoms. The Morgan fingerprint density at radius 1 is 1.39 bits per heavy atom. The summed E-state index contributed by atoms with van der Waals surface area (Å²) < 4.78 is 10.8. The molecular formula is C13H19NO4. The summed E-state index contributed by atoms with van der Waals surface area (Å²) in [6.07, 6.45) is 0.0560. The van der Waals surface area contributed by atoms with Gasteiger partial charge >= 0.3 is 0 Å². The molecule has 2 atom stereocenters. The zero-order valence-corrected chi connectivity index (χ0v) is 10.4. The van der Waals surface area contributed by atoms with Gasteiger partial charge in [-0.25, -0.2) is 0 Å². The molecule has 0 aromatic heterocycles. The van der Waals surface area contributed by atoms with Crippen LogP contribution in [0.1, 0.15) is 18.5 Å². The molecule has 0 aliphatic carbocycles. The van der Waals surface area contributed by atoms with Gasteiger partial charge in [0.15, 0.2) is 0 Å². The van der Waals surface area contributed by atoms with Crippen LogP contribution in [-0.4, -0.2) is 42.7 Å². The van der Waals surface area contributed by atoms with Crippen molar-refractivity contribution in [3.63, 3.8) is 0 Å². The molecule has 1 aliphatic rings. The van der Waals surface area contributed by atoms with Crippen molar-refractivity contribution in [2.45, 2.75) is 19.1 Å². The second kappa shape index (κ2) is 6.04. The Morgan fingerprint density at radius 3 is 2.89 bits per heavy atom.